The Hall–Kier alpha value is -2.59. The standard InChI is InChI=1S/C18H15ClN4O2/c1-3-18-11(2)17(10-22,15(23)25-18)16(8-20,9-21)14(24-18)12-4-6-13(19)7-5-12/h4-7,11,14,23H,3H2,1-2H3. The van der Waals surface area contributed by atoms with Gasteiger partial charge in [-0.2, -0.15) is 15.8 Å². The zero-order valence-electron chi connectivity index (χ0n) is 13.7. The van der Waals surface area contributed by atoms with Gasteiger partial charge in [-0.15, -0.1) is 0 Å². The molecule has 25 heavy (non-hydrogen) atoms. The van der Waals surface area contributed by atoms with Crippen LogP contribution in [0.2, 0.25) is 5.02 Å². The van der Waals surface area contributed by atoms with Crippen LogP contribution in [0.25, 0.3) is 0 Å². The molecule has 126 valence electrons. The van der Waals surface area contributed by atoms with E-state index >= 15 is 0 Å². The first kappa shape index (κ1) is 17.2. The SMILES string of the molecule is CCC12OC(=N)C(C#N)(C1C)C(C#N)(C#N)C(c1ccc(Cl)cc1)O2. The van der Waals surface area contributed by atoms with E-state index < -0.39 is 28.6 Å². The van der Waals surface area contributed by atoms with Gasteiger partial charge in [0.15, 0.2) is 5.41 Å². The van der Waals surface area contributed by atoms with E-state index in [9.17, 15) is 15.8 Å². The molecule has 2 fully saturated rings. The van der Waals surface area contributed by atoms with E-state index in [1.807, 2.05) is 19.1 Å². The van der Waals surface area contributed by atoms with Crippen molar-refractivity contribution in [2.45, 2.75) is 32.2 Å². The molecule has 1 aromatic carbocycles. The monoisotopic (exact) mass is 354 g/mol. The molecule has 2 bridgehead atoms. The maximum Gasteiger partial charge on any atom is 0.217 e. The van der Waals surface area contributed by atoms with E-state index in [4.69, 9.17) is 26.5 Å². The highest BCUT2D eigenvalue weighted by molar-refractivity contribution is 6.30. The number of rotatable bonds is 2. The minimum Gasteiger partial charge on any atom is -0.447 e. The summed E-state index contributed by atoms with van der Waals surface area (Å²) in [6.45, 7) is 3.51. The molecule has 7 heteroatoms. The largest absolute Gasteiger partial charge is 0.447 e. The van der Waals surface area contributed by atoms with Gasteiger partial charge in [0.1, 0.15) is 6.10 Å². The van der Waals surface area contributed by atoms with Crippen molar-refractivity contribution in [1.82, 2.24) is 0 Å². The molecule has 1 N–H and O–H groups in total. The summed E-state index contributed by atoms with van der Waals surface area (Å²) in [5.41, 5.74) is -3.09. The third kappa shape index (κ3) is 1.83. The van der Waals surface area contributed by atoms with E-state index in [2.05, 4.69) is 6.07 Å². The van der Waals surface area contributed by atoms with Gasteiger partial charge in [-0.05, 0) is 17.7 Å². The average Bonchev–Trinajstić information content (AvgIpc) is 2.79. The minimum atomic E-state index is -1.92. The Balaban J connectivity index is 2.32. The van der Waals surface area contributed by atoms with Crippen molar-refractivity contribution in [1.29, 1.82) is 21.2 Å². The Labute approximate surface area is 150 Å². The predicted octanol–water partition coefficient (Wildman–Crippen LogP) is 3.70. The van der Waals surface area contributed by atoms with E-state index in [0.717, 1.165) is 0 Å². The van der Waals surface area contributed by atoms with Crippen LogP contribution in [0.15, 0.2) is 24.3 Å². The van der Waals surface area contributed by atoms with Crippen molar-refractivity contribution < 1.29 is 9.47 Å². The van der Waals surface area contributed by atoms with Crippen LogP contribution in [0.5, 0.6) is 0 Å². The van der Waals surface area contributed by atoms with Crippen LogP contribution in [0, 0.1) is 56.2 Å². The highest BCUT2D eigenvalue weighted by Crippen LogP contribution is 2.66. The fourth-order valence-corrected chi connectivity index (χ4v) is 4.11. The molecule has 1 aromatic rings. The number of fused-ring (bicyclic) bond motifs is 2. The van der Waals surface area contributed by atoms with Crippen LogP contribution >= 0.6 is 11.6 Å². The molecule has 0 amide bonds. The topological polar surface area (TPSA) is 114 Å². The van der Waals surface area contributed by atoms with E-state index in [0.29, 0.717) is 17.0 Å². The molecule has 0 spiro atoms. The first-order valence-corrected chi connectivity index (χ1v) is 8.20. The molecule has 6 nitrogen and oxygen atoms in total. The normalized spacial score (nSPS) is 35.1. The summed E-state index contributed by atoms with van der Waals surface area (Å²) >= 11 is 5.93. The molecule has 2 aliphatic rings. The third-order valence-electron chi connectivity index (χ3n) is 5.47. The molecule has 2 aliphatic heterocycles. The highest BCUT2D eigenvalue weighted by atomic mass is 35.5. The molecule has 2 heterocycles. The second-order valence-electron chi connectivity index (χ2n) is 6.32. The first-order chi connectivity index (χ1) is 11.9. The van der Waals surface area contributed by atoms with Gasteiger partial charge in [0.05, 0.1) is 24.1 Å². The highest BCUT2D eigenvalue weighted by Gasteiger charge is 2.78. The van der Waals surface area contributed by atoms with Crippen LogP contribution in [0.3, 0.4) is 0 Å². The average molecular weight is 355 g/mol. The molecule has 4 unspecified atom stereocenters. The van der Waals surface area contributed by atoms with Crippen LogP contribution in [0.4, 0.5) is 0 Å². The van der Waals surface area contributed by atoms with E-state index in [1.54, 1.807) is 31.2 Å². The second-order valence-corrected chi connectivity index (χ2v) is 6.76. The van der Waals surface area contributed by atoms with Gasteiger partial charge in [-0.25, -0.2) is 0 Å². The van der Waals surface area contributed by atoms with Crippen LogP contribution in [-0.2, 0) is 9.47 Å². The van der Waals surface area contributed by atoms with Gasteiger partial charge in [0, 0.05) is 11.4 Å². The lowest BCUT2D eigenvalue weighted by Crippen LogP contribution is -2.58. The zero-order valence-corrected chi connectivity index (χ0v) is 14.5. The smallest absolute Gasteiger partial charge is 0.217 e. The van der Waals surface area contributed by atoms with Gasteiger partial charge in [-0.1, -0.05) is 37.6 Å². The summed E-state index contributed by atoms with van der Waals surface area (Å²) in [5.74, 6) is -2.26. The van der Waals surface area contributed by atoms with Gasteiger partial charge >= 0.3 is 0 Å². The second kappa shape index (κ2) is 5.46. The maximum absolute atomic E-state index is 9.98. The van der Waals surface area contributed by atoms with Crippen LogP contribution in [0.1, 0.15) is 31.9 Å². The van der Waals surface area contributed by atoms with Crippen molar-refractivity contribution in [3.8, 4) is 18.2 Å². The molecule has 0 saturated carbocycles. The molecular weight excluding hydrogens is 340 g/mol. The Morgan fingerprint density at radius 1 is 1.16 bits per heavy atom. The lowest BCUT2D eigenvalue weighted by Gasteiger charge is -2.48. The van der Waals surface area contributed by atoms with Crippen LogP contribution in [-0.4, -0.2) is 11.7 Å². The molecule has 0 aromatic heterocycles. The van der Waals surface area contributed by atoms with Crippen molar-refractivity contribution in [3.05, 3.63) is 34.9 Å². The number of nitrogens with one attached hydrogen (secondary N) is 1. The van der Waals surface area contributed by atoms with E-state index in [1.165, 1.54) is 0 Å². The van der Waals surface area contributed by atoms with Crippen molar-refractivity contribution >= 4 is 17.5 Å². The summed E-state index contributed by atoms with van der Waals surface area (Å²) in [7, 11) is 0. The van der Waals surface area contributed by atoms with Gasteiger partial charge in [-0.3, -0.25) is 5.41 Å². The maximum atomic E-state index is 9.98. The number of halogens is 1. The minimum absolute atomic E-state index is 0.372. The summed E-state index contributed by atoms with van der Waals surface area (Å²) in [5, 5.41) is 38.7. The fraction of sp³-hybridized carbons (Fsp3) is 0.444. The lowest BCUT2D eigenvalue weighted by molar-refractivity contribution is -0.280. The molecule has 4 atom stereocenters. The Kier molecular flexibility index (Phi) is 3.77. The Morgan fingerprint density at radius 2 is 1.76 bits per heavy atom. The molecule has 0 radical (unpaired) electrons. The number of nitriles is 3. The number of hydrogen-bond acceptors (Lipinski definition) is 6. The summed E-state index contributed by atoms with van der Waals surface area (Å²) in [6.07, 6.45) is -0.671. The molecule has 2 saturated heterocycles. The first-order valence-electron chi connectivity index (χ1n) is 7.82. The van der Waals surface area contributed by atoms with Gasteiger partial charge in [0.2, 0.25) is 17.1 Å². The van der Waals surface area contributed by atoms with Crippen molar-refractivity contribution in [3.63, 3.8) is 0 Å². The third-order valence-corrected chi connectivity index (χ3v) is 5.72. The van der Waals surface area contributed by atoms with Crippen LogP contribution < -0.4 is 0 Å². The quantitative estimate of drug-likeness (QED) is 0.869. The lowest BCUT2D eigenvalue weighted by atomic mass is 9.53. The number of hydrogen-bond donors (Lipinski definition) is 1. The molecule has 3 rings (SSSR count). The Bertz CT molecular complexity index is 849. The van der Waals surface area contributed by atoms with Gasteiger partial charge in [0.25, 0.3) is 0 Å². The summed E-state index contributed by atoms with van der Waals surface area (Å²) < 4.78 is 11.8. The van der Waals surface area contributed by atoms with Crippen molar-refractivity contribution in [2.75, 3.05) is 0 Å². The zero-order chi connectivity index (χ0) is 18.5. The van der Waals surface area contributed by atoms with E-state index in [-0.39, 0.29) is 5.90 Å². The number of nitrogens with zero attached hydrogens (tertiary/aromatic N) is 3. The van der Waals surface area contributed by atoms with Crippen molar-refractivity contribution in [2.24, 2.45) is 16.7 Å². The molecular formula is C18H15ClN4O2. The van der Waals surface area contributed by atoms with Gasteiger partial charge < -0.3 is 9.47 Å². The predicted molar refractivity (Wildman–Crippen MR) is 88.0 cm³/mol. The fourth-order valence-electron chi connectivity index (χ4n) is 3.98. The summed E-state index contributed by atoms with van der Waals surface area (Å²) in [6, 6.07) is 12.6. The molecule has 0 aliphatic carbocycles. The summed E-state index contributed by atoms with van der Waals surface area (Å²) in [4.78, 5) is 0. The Morgan fingerprint density at radius 3 is 2.24 bits per heavy atom. The number of ether oxygens (including phenoxy) is 2. The number of benzene rings is 1.